The molecule has 6 nitrogen and oxygen atoms in total. The van der Waals surface area contributed by atoms with Crippen molar-refractivity contribution in [1.82, 2.24) is 25.1 Å². The number of aromatic nitrogens is 4. The van der Waals surface area contributed by atoms with Gasteiger partial charge in [-0.25, -0.2) is 4.98 Å². The van der Waals surface area contributed by atoms with Gasteiger partial charge < -0.3 is 0 Å². The Bertz CT molecular complexity index is 1790. The van der Waals surface area contributed by atoms with E-state index in [9.17, 15) is 5.26 Å². The Kier molecular flexibility index (Phi) is 6.40. The minimum atomic E-state index is 0.309. The van der Waals surface area contributed by atoms with Gasteiger partial charge in [0.25, 0.3) is 0 Å². The van der Waals surface area contributed by atoms with Crippen LogP contribution in [-0.2, 0) is 12.8 Å². The van der Waals surface area contributed by atoms with Gasteiger partial charge in [0.05, 0.1) is 17.0 Å². The predicted octanol–water partition coefficient (Wildman–Crippen LogP) is 7.27. The van der Waals surface area contributed by atoms with Crippen LogP contribution in [0.2, 0.25) is 0 Å². The van der Waals surface area contributed by atoms with E-state index in [0.29, 0.717) is 22.4 Å². The molecule has 3 aromatic heterocycles. The molecule has 1 saturated heterocycles. The van der Waals surface area contributed by atoms with E-state index in [1.165, 1.54) is 55.5 Å². The number of aromatic amines is 1. The van der Waals surface area contributed by atoms with E-state index in [1.54, 1.807) is 0 Å². The fourth-order valence-corrected chi connectivity index (χ4v) is 6.73. The number of pyridine rings is 2. The number of H-pyrrole nitrogens is 1. The van der Waals surface area contributed by atoms with E-state index >= 15 is 0 Å². The first-order valence-corrected chi connectivity index (χ1v) is 14.7. The summed E-state index contributed by atoms with van der Waals surface area (Å²) < 4.78 is 0. The van der Waals surface area contributed by atoms with Gasteiger partial charge in [0.1, 0.15) is 6.07 Å². The second kappa shape index (κ2) is 10.2. The summed E-state index contributed by atoms with van der Waals surface area (Å²) in [6, 6.07) is 23.3. The number of nitrogens with one attached hydrogen (secondary N) is 1. The van der Waals surface area contributed by atoms with Crippen LogP contribution in [0.1, 0.15) is 55.0 Å². The van der Waals surface area contributed by atoms with E-state index in [0.717, 1.165) is 46.3 Å². The number of hydrogen-bond acceptors (Lipinski definition) is 5. The summed E-state index contributed by atoms with van der Waals surface area (Å²) in [5.41, 5.74) is 11.4. The van der Waals surface area contributed by atoms with Crippen LogP contribution >= 0.6 is 0 Å². The molecule has 4 heterocycles. The van der Waals surface area contributed by atoms with Gasteiger partial charge in [-0.05, 0) is 100 Å². The van der Waals surface area contributed by atoms with Crippen LogP contribution in [0.15, 0.2) is 66.9 Å². The molecule has 1 N–H and O–H groups in total. The quantitative estimate of drug-likeness (QED) is 0.243. The molecule has 0 unspecified atom stereocenters. The van der Waals surface area contributed by atoms with Crippen LogP contribution < -0.4 is 0 Å². The first-order valence-electron chi connectivity index (χ1n) is 14.7. The molecule has 5 aromatic rings. The van der Waals surface area contributed by atoms with E-state index in [4.69, 9.17) is 4.98 Å². The Balaban J connectivity index is 1.18. The van der Waals surface area contributed by atoms with Gasteiger partial charge in [-0.1, -0.05) is 42.5 Å². The maximum absolute atomic E-state index is 9.55. The van der Waals surface area contributed by atoms with Crippen molar-refractivity contribution in [3.05, 3.63) is 89.2 Å². The molecule has 7 rings (SSSR count). The summed E-state index contributed by atoms with van der Waals surface area (Å²) in [5.74, 6) is 0. The van der Waals surface area contributed by atoms with E-state index in [1.807, 2.05) is 37.4 Å². The number of nitriles is 1. The zero-order valence-electron chi connectivity index (χ0n) is 23.7. The smallest absolute Gasteiger partial charge is 0.181 e. The van der Waals surface area contributed by atoms with Gasteiger partial charge >= 0.3 is 0 Å². The first kappa shape index (κ1) is 25.6. The second-order valence-corrected chi connectivity index (χ2v) is 11.9. The zero-order valence-corrected chi connectivity index (χ0v) is 23.7. The summed E-state index contributed by atoms with van der Waals surface area (Å²) in [6.07, 6.45) is 9.35. The van der Waals surface area contributed by atoms with Crippen LogP contribution in [0.3, 0.4) is 0 Å². The number of rotatable bonds is 4. The molecule has 0 radical (unpaired) electrons. The monoisotopic (exact) mass is 538 g/mol. The summed E-state index contributed by atoms with van der Waals surface area (Å²) in [4.78, 5) is 12.1. The Morgan fingerprint density at radius 1 is 0.854 bits per heavy atom. The van der Waals surface area contributed by atoms with Crippen LogP contribution in [0.5, 0.6) is 0 Å². The largest absolute Gasteiger partial charge is 0.298 e. The van der Waals surface area contributed by atoms with Crippen LogP contribution in [0, 0.1) is 18.3 Å². The lowest BCUT2D eigenvalue weighted by Gasteiger charge is -2.38. The molecule has 6 heteroatoms. The lowest BCUT2D eigenvalue weighted by Crippen LogP contribution is -2.44. The molecule has 204 valence electrons. The fraction of sp³-hybridized carbons (Fsp3) is 0.314. The maximum Gasteiger partial charge on any atom is 0.181 e. The lowest BCUT2D eigenvalue weighted by molar-refractivity contribution is 0.118. The fourth-order valence-electron chi connectivity index (χ4n) is 6.73. The van der Waals surface area contributed by atoms with Crippen LogP contribution in [0.25, 0.3) is 44.7 Å². The van der Waals surface area contributed by atoms with Crippen LogP contribution in [-0.4, -0.2) is 43.7 Å². The summed E-state index contributed by atoms with van der Waals surface area (Å²) in [6.45, 7) is 6.93. The number of likely N-dealkylation sites (tertiary alicyclic amines) is 1. The number of hydrogen-bond donors (Lipinski definition) is 1. The van der Waals surface area contributed by atoms with Crippen molar-refractivity contribution >= 4 is 11.0 Å². The zero-order chi connectivity index (χ0) is 28.0. The Morgan fingerprint density at radius 2 is 1.59 bits per heavy atom. The highest BCUT2D eigenvalue weighted by Crippen LogP contribution is 2.37. The SMILES string of the molecule is Cc1ccc(C#N)c(-c2ccc(-c3[nH]nc4ncc(-c5ccc6c(c5)CC[C@@](C)(N5CCCC5)CC6)cc34)cc2)n1. The molecule has 1 aliphatic carbocycles. The molecule has 1 aliphatic heterocycles. The van der Waals surface area contributed by atoms with Gasteiger partial charge in [-0.15, -0.1) is 0 Å². The maximum atomic E-state index is 9.55. The third kappa shape index (κ3) is 4.71. The highest BCUT2D eigenvalue weighted by atomic mass is 15.2. The molecule has 0 saturated carbocycles. The van der Waals surface area contributed by atoms with Gasteiger partial charge in [-0.3, -0.25) is 15.0 Å². The average molecular weight is 539 g/mol. The first-order chi connectivity index (χ1) is 20.0. The van der Waals surface area contributed by atoms with Gasteiger partial charge in [0.2, 0.25) is 0 Å². The summed E-state index contributed by atoms with van der Waals surface area (Å²) >= 11 is 0. The Morgan fingerprint density at radius 3 is 2.37 bits per heavy atom. The second-order valence-electron chi connectivity index (χ2n) is 11.9. The van der Waals surface area contributed by atoms with Crippen molar-refractivity contribution in [2.24, 2.45) is 0 Å². The minimum absolute atomic E-state index is 0.309. The molecule has 2 aliphatic rings. The lowest BCUT2D eigenvalue weighted by atomic mass is 9.90. The van der Waals surface area contributed by atoms with Crippen molar-refractivity contribution in [3.8, 4) is 39.7 Å². The molecule has 0 bridgehead atoms. The normalized spacial score (nSPS) is 19.1. The summed E-state index contributed by atoms with van der Waals surface area (Å²) in [5, 5.41) is 18.2. The molecule has 0 spiro atoms. The van der Waals surface area contributed by atoms with Crippen molar-refractivity contribution in [2.75, 3.05) is 13.1 Å². The minimum Gasteiger partial charge on any atom is -0.298 e. The highest BCUT2D eigenvalue weighted by Gasteiger charge is 2.34. The van der Waals surface area contributed by atoms with Crippen molar-refractivity contribution < 1.29 is 0 Å². The topological polar surface area (TPSA) is 81.5 Å². The van der Waals surface area contributed by atoms with E-state index in [-0.39, 0.29) is 0 Å². The van der Waals surface area contributed by atoms with Gasteiger partial charge in [0.15, 0.2) is 5.65 Å². The van der Waals surface area contributed by atoms with Gasteiger partial charge in [0, 0.05) is 39.5 Å². The number of benzene rings is 2. The van der Waals surface area contributed by atoms with Crippen molar-refractivity contribution in [3.63, 3.8) is 0 Å². The Hall–Kier alpha value is -4.34. The number of nitrogens with zero attached hydrogens (tertiary/aromatic N) is 5. The third-order valence-electron chi connectivity index (χ3n) is 9.29. The van der Waals surface area contributed by atoms with Crippen LogP contribution in [0.4, 0.5) is 0 Å². The molecule has 41 heavy (non-hydrogen) atoms. The molecule has 2 aromatic carbocycles. The average Bonchev–Trinajstić information content (AvgIpc) is 3.67. The third-order valence-corrected chi connectivity index (χ3v) is 9.29. The highest BCUT2D eigenvalue weighted by molar-refractivity contribution is 5.93. The predicted molar refractivity (Wildman–Crippen MR) is 163 cm³/mol. The molecule has 0 amide bonds. The van der Waals surface area contributed by atoms with Crippen molar-refractivity contribution in [1.29, 1.82) is 5.26 Å². The summed E-state index contributed by atoms with van der Waals surface area (Å²) in [7, 11) is 0. The number of aryl methyl sites for hydroxylation is 3. The van der Waals surface area contributed by atoms with E-state index < -0.39 is 0 Å². The van der Waals surface area contributed by atoms with Crippen molar-refractivity contribution in [2.45, 2.75) is 57.9 Å². The van der Waals surface area contributed by atoms with E-state index in [2.05, 4.69) is 69.5 Å². The molecule has 1 fully saturated rings. The molecule has 1 atom stereocenters. The molecular formula is C35H34N6. The standard InChI is InChI=1S/C35H34N6/c1-23-5-6-29(21-36)32(38-23)25-8-10-26(11-9-25)33-31-20-30(22-37-34(31)40-39-33)27-12-7-24-13-15-35(2,16-14-28(24)19-27)41-17-3-4-18-41/h5-12,19-20,22H,3-4,13-18H2,1-2H3,(H,37,39,40)/t35-/m0/s1. The molecular weight excluding hydrogens is 504 g/mol. The Labute approximate surface area is 241 Å². The number of fused-ring (bicyclic) bond motifs is 2. The van der Waals surface area contributed by atoms with Gasteiger partial charge in [-0.2, -0.15) is 10.4 Å².